The maximum absolute atomic E-state index is 9.80. The quantitative estimate of drug-likeness (QED) is 0.416. The fourth-order valence-electron chi connectivity index (χ4n) is 1.80. The molecule has 1 aliphatic rings. The molecule has 76 valence electrons. The molecule has 7 heteroatoms. The van der Waals surface area contributed by atoms with Gasteiger partial charge in [-0.3, -0.25) is 0 Å². The average molecular weight is 196 g/mol. The van der Waals surface area contributed by atoms with E-state index in [1.54, 1.807) is 0 Å². The molecule has 0 unspecified atom stereocenters. The van der Waals surface area contributed by atoms with E-state index >= 15 is 0 Å². The summed E-state index contributed by atoms with van der Waals surface area (Å²) in [5.41, 5.74) is 16.5. The average Bonchev–Trinajstić information content (AvgIpc) is 2.20. The van der Waals surface area contributed by atoms with Crippen molar-refractivity contribution in [3.63, 3.8) is 0 Å². The first-order valence-corrected chi connectivity index (χ1v) is 4.58. The molecule has 0 aromatic carbocycles. The third-order valence-electron chi connectivity index (χ3n) is 2.54. The second kappa shape index (κ2) is 4.72. The molecule has 0 aromatic heterocycles. The van der Waals surface area contributed by atoms with Crippen molar-refractivity contribution in [3.8, 4) is 0 Å². The molecule has 1 aliphatic carbocycles. The summed E-state index contributed by atoms with van der Waals surface area (Å²) in [5, 5.41) is 16.2. The van der Waals surface area contributed by atoms with Crippen molar-refractivity contribution >= 4 is 0 Å². The molecule has 14 heavy (non-hydrogen) atoms. The first kappa shape index (κ1) is 10.7. The Morgan fingerprint density at radius 2 is 1.57 bits per heavy atom. The lowest BCUT2D eigenvalue weighted by Crippen LogP contribution is -2.34. The van der Waals surface area contributed by atoms with Gasteiger partial charge in [0.15, 0.2) is 0 Å². The van der Waals surface area contributed by atoms with Crippen molar-refractivity contribution in [2.24, 2.45) is 16.1 Å². The standard InChI is InChI=1S/C7H12N6O/c8-12-10-7(14,11-13-9)6-4-2-1-3-5-6/h6,14H,1-5H2. The molecule has 1 fully saturated rings. The normalized spacial score (nSPS) is 21.5. The van der Waals surface area contributed by atoms with Crippen LogP contribution in [-0.4, -0.2) is 11.0 Å². The van der Waals surface area contributed by atoms with Crippen molar-refractivity contribution < 1.29 is 5.11 Å². The van der Waals surface area contributed by atoms with Crippen LogP contribution in [0.1, 0.15) is 32.1 Å². The highest BCUT2D eigenvalue weighted by Crippen LogP contribution is 2.34. The molecule has 0 spiro atoms. The summed E-state index contributed by atoms with van der Waals surface area (Å²) in [4.78, 5) is 5.02. The van der Waals surface area contributed by atoms with Crippen molar-refractivity contribution in [2.45, 2.75) is 38.0 Å². The second-order valence-corrected chi connectivity index (χ2v) is 3.40. The Morgan fingerprint density at radius 1 is 1.07 bits per heavy atom. The molecule has 0 bridgehead atoms. The maximum atomic E-state index is 9.80. The Balaban J connectivity index is 2.84. The smallest absolute Gasteiger partial charge is 0.225 e. The van der Waals surface area contributed by atoms with Crippen LogP contribution in [0.4, 0.5) is 0 Å². The summed E-state index contributed by atoms with van der Waals surface area (Å²) in [6, 6.07) is 0. The predicted octanol–water partition coefficient (Wildman–Crippen LogP) is 2.83. The molecule has 7 nitrogen and oxygen atoms in total. The first-order valence-electron chi connectivity index (χ1n) is 4.58. The maximum Gasteiger partial charge on any atom is 0.225 e. The molecule has 1 N–H and O–H groups in total. The number of nitrogens with zero attached hydrogens (tertiary/aromatic N) is 6. The van der Waals surface area contributed by atoms with Crippen molar-refractivity contribution in [2.75, 3.05) is 0 Å². The van der Waals surface area contributed by atoms with Gasteiger partial charge in [-0.05, 0) is 29.8 Å². The highest BCUT2D eigenvalue weighted by Gasteiger charge is 2.35. The number of aliphatic hydroxyl groups is 1. The lowest BCUT2D eigenvalue weighted by Gasteiger charge is -2.30. The summed E-state index contributed by atoms with van der Waals surface area (Å²) in [6.45, 7) is 0. The van der Waals surface area contributed by atoms with E-state index in [-0.39, 0.29) is 5.92 Å². The van der Waals surface area contributed by atoms with Gasteiger partial charge in [0.2, 0.25) is 5.85 Å². The lowest BCUT2D eigenvalue weighted by molar-refractivity contribution is -0.0209. The summed E-state index contributed by atoms with van der Waals surface area (Å²) >= 11 is 0. The van der Waals surface area contributed by atoms with Gasteiger partial charge >= 0.3 is 0 Å². The van der Waals surface area contributed by atoms with Crippen LogP contribution >= 0.6 is 0 Å². The van der Waals surface area contributed by atoms with Crippen molar-refractivity contribution in [3.05, 3.63) is 20.9 Å². The van der Waals surface area contributed by atoms with Gasteiger partial charge in [-0.2, -0.15) is 0 Å². The van der Waals surface area contributed by atoms with E-state index in [1.165, 1.54) is 0 Å². The molecular weight excluding hydrogens is 184 g/mol. The van der Waals surface area contributed by atoms with Crippen LogP contribution in [0.5, 0.6) is 0 Å². The van der Waals surface area contributed by atoms with Crippen molar-refractivity contribution in [1.82, 2.24) is 0 Å². The van der Waals surface area contributed by atoms with E-state index < -0.39 is 5.85 Å². The molecule has 0 aliphatic heterocycles. The summed E-state index contributed by atoms with van der Waals surface area (Å²) < 4.78 is 0. The third-order valence-corrected chi connectivity index (χ3v) is 2.54. The topological polar surface area (TPSA) is 118 Å². The molecule has 0 radical (unpaired) electrons. The van der Waals surface area contributed by atoms with Crippen molar-refractivity contribution in [1.29, 1.82) is 0 Å². The fraction of sp³-hybridized carbons (Fsp3) is 1.00. The number of hydrogen-bond donors (Lipinski definition) is 1. The lowest BCUT2D eigenvalue weighted by atomic mass is 9.86. The SMILES string of the molecule is [N-]=[N+]=NC(O)(N=[N+]=[N-])C1CCCCC1. The van der Waals surface area contributed by atoms with E-state index in [1.807, 2.05) is 0 Å². The number of azide groups is 1. The zero-order valence-electron chi connectivity index (χ0n) is 7.74. The Labute approximate surface area is 81.0 Å². The van der Waals surface area contributed by atoms with Gasteiger partial charge in [0.1, 0.15) is 0 Å². The van der Waals surface area contributed by atoms with Crippen LogP contribution in [0.25, 0.3) is 20.9 Å². The highest BCUT2D eigenvalue weighted by atomic mass is 16.3. The van der Waals surface area contributed by atoms with E-state index in [4.69, 9.17) is 11.1 Å². The Hall–Kier alpha value is -1.42. The third kappa shape index (κ3) is 2.29. The molecule has 0 aromatic rings. The minimum Gasteiger partial charge on any atom is -0.379 e. The number of hydrogen-bond acceptors (Lipinski definition) is 3. The van der Waals surface area contributed by atoms with E-state index in [2.05, 4.69) is 20.1 Å². The molecule has 0 atom stereocenters. The van der Waals surface area contributed by atoms with Gasteiger partial charge in [0, 0.05) is 9.82 Å². The summed E-state index contributed by atoms with van der Waals surface area (Å²) in [5.74, 6) is -2.16. The summed E-state index contributed by atoms with van der Waals surface area (Å²) in [6.07, 6.45) is 4.51. The fourth-order valence-corrected chi connectivity index (χ4v) is 1.80. The van der Waals surface area contributed by atoms with Crippen LogP contribution in [0.3, 0.4) is 0 Å². The van der Waals surface area contributed by atoms with Gasteiger partial charge in [0.05, 0.1) is 0 Å². The highest BCUT2D eigenvalue weighted by molar-refractivity contribution is 4.84. The second-order valence-electron chi connectivity index (χ2n) is 3.40. The largest absolute Gasteiger partial charge is 0.379 e. The Morgan fingerprint density at radius 3 is 2.00 bits per heavy atom. The zero-order chi connectivity index (χ0) is 10.4. The van der Waals surface area contributed by atoms with Crippen LogP contribution in [0, 0.1) is 5.92 Å². The minimum absolute atomic E-state index is 0.247. The number of rotatable bonds is 3. The predicted molar refractivity (Wildman–Crippen MR) is 49.8 cm³/mol. The zero-order valence-corrected chi connectivity index (χ0v) is 7.74. The first-order chi connectivity index (χ1) is 6.73. The van der Waals surface area contributed by atoms with Crippen LogP contribution in [-0.2, 0) is 0 Å². The monoisotopic (exact) mass is 196 g/mol. The van der Waals surface area contributed by atoms with Gasteiger partial charge in [-0.1, -0.05) is 29.5 Å². The molecule has 0 heterocycles. The van der Waals surface area contributed by atoms with E-state index in [9.17, 15) is 5.11 Å². The molecule has 0 saturated heterocycles. The van der Waals surface area contributed by atoms with E-state index in [0.717, 1.165) is 32.1 Å². The van der Waals surface area contributed by atoms with Crippen LogP contribution in [0.2, 0.25) is 0 Å². The molecule has 0 amide bonds. The molecule has 1 saturated carbocycles. The van der Waals surface area contributed by atoms with Gasteiger partial charge in [-0.15, -0.1) is 0 Å². The Kier molecular flexibility index (Phi) is 3.59. The van der Waals surface area contributed by atoms with Gasteiger partial charge < -0.3 is 5.11 Å². The molecule has 1 rings (SSSR count). The molecular formula is C7H12N6O. The summed E-state index contributed by atoms with van der Waals surface area (Å²) in [7, 11) is 0. The van der Waals surface area contributed by atoms with Gasteiger partial charge in [-0.25, -0.2) is 0 Å². The van der Waals surface area contributed by atoms with E-state index in [0.29, 0.717) is 0 Å². The van der Waals surface area contributed by atoms with Crippen LogP contribution < -0.4 is 0 Å². The van der Waals surface area contributed by atoms with Gasteiger partial charge in [0.25, 0.3) is 0 Å². The Bertz CT molecular complexity index is 267. The minimum atomic E-state index is -1.91. The van der Waals surface area contributed by atoms with Crippen LogP contribution in [0.15, 0.2) is 10.2 Å².